The number of unbranched alkanes of at least 4 members (excludes halogenated alkanes) is 1. The van der Waals surface area contributed by atoms with Crippen molar-refractivity contribution in [3.05, 3.63) is 33.8 Å². The quantitative estimate of drug-likeness (QED) is 0.651. The first-order chi connectivity index (χ1) is 8.36. The predicted molar refractivity (Wildman–Crippen MR) is 68.8 cm³/mol. The summed E-state index contributed by atoms with van der Waals surface area (Å²) < 4.78 is 38.3. The second kappa shape index (κ2) is 6.26. The smallest absolute Gasteiger partial charge is 0.324 e. The minimum Gasteiger partial charge on any atom is -0.324 e. The molecule has 0 fully saturated rings. The van der Waals surface area contributed by atoms with E-state index in [0.29, 0.717) is 29.3 Å². The molecule has 1 nitrogen and oxygen atoms in total. The highest BCUT2D eigenvalue weighted by atomic mass is 79.9. The van der Waals surface area contributed by atoms with Gasteiger partial charge in [0.2, 0.25) is 0 Å². The van der Waals surface area contributed by atoms with Crippen molar-refractivity contribution in [1.82, 2.24) is 0 Å². The van der Waals surface area contributed by atoms with Gasteiger partial charge in [-0.05, 0) is 36.6 Å². The molecule has 0 radical (unpaired) electrons. The highest BCUT2D eigenvalue weighted by Crippen LogP contribution is 2.34. The number of nitrogens with two attached hydrogens (primary N) is 1. The van der Waals surface area contributed by atoms with Crippen molar-refractivity contribution in [2.24, 2.45) is 5.73 Å². The van der Waals surface area contributed by atoms with Gasteiger partial charge in [0.25, 0.3) is 0 Å². The lowest BCUT2D eigenvalue weighted by Crippen LogP contribution is -2.13. The Kier molecular flexibility index (Phi) is 5.24. The van der Waals surface area contributed by atoms with Crippen LogP contribution in [0, 0.1) is 12.3 Å². The summed E-state index contributed by atoms with van der Waals surface area (Å²) >= 11 is 3.22. The third kappa shape index (κ3) is 4.04. The van der Waals surface area contributed by atoms with Crippen molar-refractivity contribution in [1.29, 1.82) is 0 Å². The van der Waals surface area contributed by atoms with E-state index in [1.54, 1.807) is 0 Å². The fourth-order valence-electron chi connectivity index (χ4n) is 1.58. The van der Waals surface area contributed by atoms with Crippen LogP contribution in [0.2, 0.25) is 0 Å². The second-order valence-electron chi connectivity index (χ2n) is 3.94. The van der Waals surface area contributed by atoms with Gasteiger partial charge in [0, 0.05) is 16.9 Å². The molecule has 18 heavy (non-hydrogen) atoms. The lowest BCUT2D eigenvalue weighted by atomic mass is 10.00. The molecule has 0 saturated heterocycles. The predicted octanol–water partition coefficient (Wildman–Crippen LogP) is 4.27. The molecule has 0 saturated carbocycles. The molecule has 0 aliphatic heterocycles. The number of hydrogen-bond acceptors (Lipinski definition) is 1. The summed E-state index contributed by atoms with van der Waals surface area (Å²) in [6.07, 6.45) is 2.59. The van der Waals surface area contributed by atoms with Crippen LogP contribution < -0.4 is 5.73 Å². The third-order valence-corrected chi connectivity index (χ3v) is 3.28. The van der Waals surface area contributed by atoms with Gasteiger partial charge in [-0.1, -0.05) is 15.9 Å². The van der Waals surface area contributed by atoms with Crippen molar-refractivity contribution >= 4 is 15.9 Å². The molecule has 0 bridgehead atoms. The summed E-state index contributed by atoms with van der Waals surface area (Å²) in [5.41, 5.74) is 5.66. The minimum absolute atomic E-state index is 0.449. The van der Waals surface area contributed by atoms with Crippen LogP contribution in [0.1, 0.15) is 36.4 Å². The molecule has 0 amide bonds. The fourth-order valence-corrected chi connectivity index (χ4v) is 2.12. The van der Waals surface area contributed by atoms with Crippen LogP contribution in [0.15, 0.2) is 22.7 Å². The number of halogens is 4. The summed E-state index contributed by atoms with van der Waals surface area (Å²) in [7, 11) is 0. The Hall–Kier alpha value is -0.990. The maximum atomic E-state index is 12.6. The van der Waals surface area contributed by atoms with E-state index in [2.05, 4.69) is 21.9 Å². The Bertz CT molecular complexity index is 449. The standard InChI is InChI=1S/C13H13BrF3N/c1-2-3-4-5-12(18)10-8-9(13(15,16)17)6-7-11(10)14/h1,6-8,12H,3-5,18H2. The third-order valence-electron chi connectivity index (χ3n) is 2.56. The Morgan fingerprint density at radius 3 is 2.61 bits per heavy atom. The van der Waals surface area contributed by atoms with E-state index >= 15 is 0 Å². The lowest BCUT2D eigenvalue weighted by Gasteiger charge is -2.16. The Morgan fingerprint density at radius 1 is 1.39 bits per heavy atom. The van der Waals surface area contributed by atoms with Crippen LogP contribution >= 0.6 is 15.9 Å². The topological polar surface area (TPSA) is 26.0 Å². The van der Waals surface area contributed by atoms with Crippen molar-refractivity contribution < 1.29 is 13.2 Å². The van der Waals surface area contributed by atoms with Gasteiger partial charge in [0.1, 0.15) is 0 Å². The van der Waals surface area contributed by atoms with Gasteiger partial charge in [-0.2, -0.15) is 13.2 Å². The highest BCUT2D eigenvalue weighted by Gasteiger charge is 2.31. The summed E-state index contributed by atoms with van der Waals surface area (Å²) in [6, 6.07) is 3.04. The van der Waals surface area contributed by atoms with Gasteiger partial charge in [0.15, 0.2) is 0 Å². The number of terminal acetylenes is 1. The van der Waals surface area contributed by atoms with Gasteiger partial charge in [-0.25, -0.2) is 0 Å². The van der Waals surface area contributed by atoms with E-state index < -0.39 is 17.8 Å². The molecule has 0 aliphatic carbocycles. The number of alkyl halides is 3. The van der Waals surface area contributed by atoms with E-state index in [1.807, 2.05) is 0 Å². The average molecular weight is 320 g/mol. The van der Waals surface area contributed by atoms with E-state index in [9.17, 15) is 13.2 Å². The highest BCUT2D eigenvalue weighted by molar-refractivity contribution is 9.10. The van der Waals surface area contributed by atoms with Crippen LogP contribution in [0.25, 0.3) is 0 Å². The summed E-state index contributed by atoms with van der Waals surface area (Å²) in [4.78, 5) is 0. The van der Waals surface area contributed by atoms with Gasteiger partial charge in [0.05, 0.1) is 5.56 Å². The van der Waals surface area contributed by atoms with E-state index in [1.165, 1.54) is 6.07 Å². The van der Waals surface area contributed by atoms with Crippen molar-refractivity contribution in [3.8, 4) is 12.3 Å². The van der Waals surface area contributed by atoms with Gasteiger partial charge >= 0.3 is 6.18 Å². The van der Waals surface area contributed by atoms with Gasteiger partial charge in [-0.15, -0.1) is 12.3 Å². The first kappa shape index (κ1) is 15.1. The minimum atomic E-state index is -4.35. The molecule has 0 spiro atoms. The molecule has 0 heterocycles. The zero-order chi connectivity index (χ0) is 13.8. The molecule has 1 aromatic rings. The van der Waals surface area contributed by atoms with Crippen LogP contribution in [0.4, 0.5) is 13.2 Å². The summed E-state index contributed by atoms with van der Waals surface area (Å²) in [6.45, 7) is 0. The first-order valence-corrected chi connectivity index (χ1v) is 6.21. The Labute approximate surface area is 113 Å². The number of rotatable bonds is 4. The summed E-state index contributed by atoms with van der Waals surface area (Å²) in [5.74, 6) is 2.48. The molecule has 1 aromatic carbocycles. The largest absolute Gasteiger partial charge is 0.416 e. The van der Waals surface area contributed by atoms with Gasteiger partial charge in [-0.3, -0.25) is 0 Å². The van der Waals surface area contributed by atoms with Crippen molar-refractivity contribution in [2.75, 3.05) is 0 Å². The molecule has 1 rings (SSSR count). The molecule has 98 valence electrons. The van der Waals surface area contributed by atoms with E-state index in [4.69, 9.17) is 12.2 Å². The maximum absolute atomic E-state index is 12.6. The monoisotopic (exact) mass is 319 g/mol. The second-order valence-corrected chi connectivity index (χ2v) is 4.79. The van der Waals surface area contributed by atoms with E-state index in [0.717, 1.165) is 12.1 Å². The van der Waals surface area contributed by atoms with Crippen LogP contribution in [0.3, 0.4) is 0 Å². The van der Waals surface area contributed by atoms with Crippen LogP contribution in [0.5, 0.6) is 0 Å². The molecule has 1 atom stereocenters. The molecular weight excluding hydrogens is 307 g/mol. The first-order valence-electron chi connectivity index (χ1n) is 5.42. The molecule has 0 aliphatic rings. The average Bonchev–Trinajstić information content (AvgIpc) is 2.28. The Morgan fingerprint density at radius 2 is 2.06 bits per heavy atom. The van der Waals surface area contributed by atoms with Gasteiger partial charge < -0.3 is 5.73 Å². The molecule has 2 N–H and O–H groups in total. The maximum Gasteiger partial charge on any atom is 0.416 e. The SMILES string of the molecule is C#CCCCC(N)c1cc(C(F)(F)F)ccc1Br. The number of hydrogen-bond donors (Lipinski definition) is 1. The Balaban J connectivity index is 2.91. The lowest BCUT2D eigenvalue weighted by molar-refractivity contribution is -0.137. The zero-order valence-electron chi connectivity index (χ0n) is 9.60. The number of benzene rings is 1. The fraction of sp³-hybridized carbons (Fsp3) is 0.385. The zero-order valence-corrected chi connectivity index (χ0v) is 11.2. The van der Waals surface area contributed by atoms with Crippen LogP contribution in [-0.4, -0.2) is 0 Å². The van der Waals surface area contributed by atoms with Crippen LogP contribution in [-0.2, 0) is 6.18 Å². The van der Waals surface area contributed by atoms with Crippen molar-refractivity contribution in [2.45, 2.75) is 31.5 Å². The normalized spacial score (nSPS) is 13.1. The molecular formula is C13H13BrF3N. The summed E-state index contributed by atoms with van der Waals surface area (Å²) in [5, 5.41) is 0. The molecule has 0 aromatic heterocycles. The van der Waals surface area contributed by atoms with E-state index in [-0.39, 0.29) is 0 Å². The van der Waals surface area contributed by atoms with Crippen molar-refractivity contribution in [3.63, 3.8) is 0 Å². The molecule has 1 unspecified atom stereocenters. The molecule has 5 heteroatoms.